The van der Waals surface area contributed by atoms with E-state index in [-0.39, 0.29) is 5.91 Å². The number of carbonyl (C=O) groups is 1. The van der Waals surface area contributed by atoms with Gasteiger partial charge in [0, 0.05) is 47.5 Å². The van der Waals surface area contributed by atoms with E-state index < -0.39 is 6.17 Å². The largest absolute Gasteiger partial charge is 0.340 e. The third-order valence-electron chi connectivity index (χ3n) is 4.77. The molecule has 1 unspecified atom stereocenters. The van der Waals surface area contributed by atoms with Gasteiger partial charge in [0.1, 0.15) is 0 Å². The van der Waals surface area contributed by atoms with Crippen molar-refractivity contribution in [2.24, 2.45) is 0 Å². The topological polar surface area (TPSA) is 25.2 Å². The molecule has 2 aromatic carbocycles. The van der Waals surface area contributed by atoms with Crippen LogP contribution in [0.2, 0.25) is 0 Å². The van der Waals surface area contributed by atoms with Crippen molar-refractivity contribution in [2.45, 2.75) is 32.6 Å². The molecule has 118 valence electrons. The van der Waals surface area contributed by atoms with Gasteiger partial charge in [-0.1, -0.05) is 18.2 Å². The zero-order chi connectivity index (χ0) is 16.1. The zero-order valence-electron chi connectivity index (χ0n) is 13.3. The second-order valence-corrected chi connectivity index (χ2v) is 6.39. The first kappa shape index (κ1) is 14.2. The van der Waals surface area contributed by atoms with E-state index in [4.69, 9.17) is 0 Å². The maximum atomic E-state index is 13.4. The molecule has 0 saturated heterocycles. The third-order valence-corrected chi connectivity index (χ3v) is 4.77. The maximum Gasteiger partial charge on any atom is 0.254 e. The smallest absolute Gasteiger partial charge is 0.254 e. The van der Waals surface area contributed by atoms with Crippen molar-refractivity contribution in [3.05, 3.63) is 47.5 Å². The van der Waals surface area contributed by atoms with Crippen LogP contribution in [-0.2, 0) is 13.1 Å². The molecule has 3 nitrogen and oxygen atoms in total. The average molecular weight is 310 g/mol. The van der Waals surface area contributed by atoms with E-state index in [0.29, 0.717) is 19.5 Å². The minimum Gasteiger partial charge on any atom is -0.340 e. The minimum absolute atomic E-state index is 0.0797. The molecular weight excluding hydrogens is 291 g/mol. The minimum atomic E-state index is -0.826. The van der Waals surface area contributed by atoms with Crippen molar-refractivity contribution in [3.8, 4) is 0 Å². The van der Waals surface area contributed by atoms with Gasteiger partial charge in [-0.05, 0) is 37.1 Å². The summed E-state index contributed by atoms with van der Waals surface area (Å²) < 4.78 is 15.5. The number of aromatic nitrogens is 1. The van der Waals surface area contributed by atoms with Gasteiger partial charge in [-0.25, -0.2) is 4.39 Å². The first-order valence-electron chi connectivity index (χ1n) is 8.00. The van der Waals surface area contributed by atoms with Crippen molar-refractivity contribution in [1.29, 1.82) is 0 Å². The number of carbonyl (C=O) groups excluding carboxylic acids is 1. The first-order chi connectivity index (χ1) is 11.1. The number of benzene rings is 2. The predicted molar refractivity (Wildman–Crippen MR) is 90.4 cm³/mol. The summed E-state index contributed by atoms with van der Waals surface area (Å²) in [5.74, 6) is 0.0797. The van der Waals surface area contributed by atoms with Crippen LogP contribution in [0.5, 0.6) is 0 Å². The Morgan fingerprint density at radius 2 is 1.96 bits per heavy atom. The first-order valence-corrected chi connectivity index (χ1v) is 8.00. The molecule has 1 aliphatic heterocycles. The number of para-hydroxylation sites is 1. The second kappa shape index (κ2) is 5.08. The predicted octanol–water partition coefficient (Wildman–Crippen LogP) is 4.13. The van der Waals surface area contributed by atoms with E-state index in [1.54, 1.807) is 11.8 Å². The van der Waals surface area contributed by atoms with E-state index in [9.17, 15) is 9.18 Å². The van der Waals surface area contributed by atoms with Gasteiger partial charge in [-0.3, -0.25) is 4.79 Å². The Bertz CT molecular complexity index is 926. The summed E-state index contributed by atoms with van der Waals surface area (Å²) in [6.07, 6.45) is -0.336. The highest BCUT2D eigenvalue weighted by Crippen LogP contribution is 2.36. The van der Waals surface area contributed by atoms with E-state index in [1.807, 2.05) is 31.3 Å². The van der Waals surface area contributed by atoms with Crippen molar-refractivity contribution in [2.75, 3.05) is 7.05 Å². The van der Waals surface area contributed by atoms with Crippen LogP contribution in [0.1, 0.15) is 29.3 Å². The fourth-order valence-corrected chi connectivity index (χ4v) is 3.64. The van der Waals surface area contributed by atoms with Gasteiger partial charge in [-0.15, -0.1) is 0 Å². The van der Waals surface area contributed by atoms with Gasteiger partial charge < -0.3 is 9.47 Å². The summed E-state index contributed by atoms with van der Waals surface area (Å²) in [4.78, 5) is 14.0. The Kier molecular flexibility index (Phi) is 3.15. The van der Waals surface area contributed by atoms with Crippen LogP contribution in [-0.4, -0.2) is 28.6 Å². The van der Waals surface area contributed by atoms with Crippen LogP contribution < -0.4 is 0 Å². The van der Waals surface area contributed by atoms with Gasteiger partial charge >= 0.3 is 0 Å². The summed E-state index contributed by atoms with van der Waals surface area (Å²) in [5.41, 5.74) is 4.09. The molecule has 1 aliphatic rings. The molecule has 0 aliphatic carbocycles. The van der Waals surface area contributed by atoms with Crippen LogP contribution in [0.3, 0.4) is 0 Å². The molecule has 1 amide bonds. The Hall–Kier alpha value is -2.36. The van der Waals surface area contributed by atoms with Gasteiger partial charge in [0.25, 0.3) is 5.91 Å². The Morgan fingerprint density at radius 3 is 2.74 bits per heavy atom. The van der Waals surface area contributed by atoms with Crippen LogP contribution in [0.25, 0.3) is 21.8 Å². The molecule has 4 heteroatoms. The Balaban J connectivity index is 2.03. The van der Waals surface area contributed by atoms with E-state index >= 15 is 0 Å². The van der Waals surface area contributed by atoms with Crippen molar-refractivity contribution in [3.63, 3.8) is 0 Å². The fourth-order valence-electron chi connectivity index (χ4n) is 3.64. The van der Waals surface area contributed by atoms with Gasteiger partial charge in [0.05, 0.1) is 6.17 Å². The highest BCUT2D eigenvalue weighted by molar-refractivity contribution is 6.14. The highest BCUT2D eigenvalue weighted by atomic mass is 19.1. The standard InChI is InChI=1S/C19H19FN2O/c1-12(20)9-10-22-16-6-4-3-5-14(16)18-15-11-21(2)19(23)13(15)7-8-17(18)22/h3-8,12H,9-11H2,1-2H3. The summed E-state index contributed by atoms with van der Waals surface area (Å²) in [6, 6.07) is 12.1. The highest BCUT2D eigenvalue weighted by Gasteiger charge is 2.28. The lowest BCUT2D eigenvalue weighted by Crippen LogP contribution is -2.17. The zero-order valence-corrected chi connectivity index (χ0v) is 13.3. The van der Waals surface area contributed by atoms with Gasteiger partial charge in [-0.2, -0.15) is 0 Å². The quantitative estimate of drug-likeness (QED) is 0.714. The van der Waals surface area contributed by atoms with Gasteiger partial charge in [0.15, 0.2) is 0 Å². The number of fused-ring (bicyclic) bond motifs is 5. The molecule has 0 radical (unpaired) electrons. The number of hydrogen-bond donors (Lipinski definition) is 0. The third kappa shape index (κ3) is 2.05. The Labute approximate surface area is 134 Å². The molecule has 0 fully saturated rings. The number of amides is 1. The molecule has 1 aromatic heterocycles. The molecular formula is C19H19FN2O. The molecule has 0 bridgehead atoms. The second-order valence-electron chi connectivity index (χ2n) is 6.39. The van der Waals surface area contributed by atoms with Crippen LogP contribution >= 0.6 is 0 Å². The van der Waals surface area contributed by atoms with Crippen molar-refractivity contribution < 1.29 is 9.18 Å². The fraction of sp³-hybridized carbons (Fsp3) is 0.316. The van der Waals surface area contributed by atoms with Crippen LogP contribution in [0.15, 0.2) is 36.4 Å². The van der Waals surface area contributed by atoms with Crippen molar-refractivity contribution >= 4 is 27.7 Å². The van der Waals surface area contributed by atoms with Crippen LogP contribution in [0.4, 0.5) is 4.39 Å². The van der Waals surface area contributed by atoms with E-state index in [0.717, 1.165) is 32.9 Å². The summed E-state index contributed by atoms with van der Waals surface area (Å²) in [7, 11) is 1.83. The number of halogens is 1. The molecule has 23 heavy (non-hydrogen) atoms. The SMILES string of the molecule is CC(F)CCn1c2ccccc2c2c3c(ccc21)C(=O)N(C)C3. The number of rotatable bonds is 3. The normalized spacial score (nSPS) is 15.6. The van der Waals surface area contributed by atoms with Crippen LogP contribution in [0, 0.1) is 0 Å². The number of aryl methyl sites for hydroxylation is 1. The van der Waals surface area contributed by atoms with Gasteiger partial charge in [0.2, 0.25) is 0 Å². The van der Waals surface area contributed by atoms with E-state index in [1.165, 1.54) is 0 Å². The lowest BCUT2D eigenvalue weighted by molar-refractivity contribution is 0.0816. The summed E-state index contributed by atoms with van der Waals surface area (Å²) >= 11 is 0. The number of hydrogen-bond acceptors (Lipinski definition) is 1. The molecule has 3 aromatic rings. The summed E-state index contributed by atoms with van der Waals surface area (Å²) in [5, 5.41) is 2.29. The lowest BCUT2D eigenvalue weighted by Gasteiger charge is -2.08. The molecule has 4 rings (SSSR count). The molecule has 2 heterocycles. The maximum absolute atomic E-state index is 13.4. The van der Waals surface area contributed by atoms with E-state index in [2.05, 4.69) is 16.7 Å². The molecule has 0 N–H and O–H groups in total. The average Bonchev–Trinajstić information content (AvgIpc) is 3.01. The molecule has 0 saturated carbocycles. The lowest BCUT2D eigenvalue weighted by atomic mass is 10.0. The Morgan fingerprint density at radius 1 is 1.17 bits per heavy atom. The molecule has 0 spiro atoms. The molecule has 1 atom stereocenters. The number of alkyl halides is 1. The summed E-state index contributed by atoms with van der Waals surface area (Å²) in [6.45, 7) is 2.88. The monoisotopic (exact) mass is 310 g/mol. The number of nitrogens with zero attached hydrogens (tertiary/aromatic N) is 2. The van der Waals surface area contributed by atoms with Crippen molar-refractivity contribution in [1.82, 2.24) is 9.47 Å².